The Morgan fingerprint density at radius 1 is 1.46 bits per heavy atom. The number of hydrogen-bond donors (Lipinski definition) is 2. The third-order valence-corrected chi connectivity index (χ3v) is 1.81. The highest BCUT2D eigenvalue weighted by atomic mass is 19.1. The highest BCUT2D eigenvalue weighted by molar-refractivity contribution is 5.78. The summed E-state index contributed by atoms with van der Waals surface area (Å²) in [7, 11) is 0. The number of halogens is 1. The molecule has 1 unspecified atom stereocenters. The van der Waals surface area contributed by atoms with Crippen LogP contribution in [0, 0.1) is 5.82 Å². The van der Waals surface area contributed by atoms with Gasteiger partial charge in [-0.05, 0) is 13.0 Å². The molecule has 0 radical (unpaired) electrons. The Labute approximate surface area is 74.4 Å². The van der Waals surface area contributed by atoms with E-state index in [0.29, 0.717) is 0 Å². The summed E-state index contributed by atoms with van der Waals surface area (Å²) in [6.07, 6.45) is 0. The zero-order chi connectivity index (χ0) is 10.1. The lowest BCUT2D eigenvalue weighted by atomic mass is 9.96. The van der Waals surface area contributed by atoms with Crippen molar-refractivity contribution in [3.8, 4) is 0 Å². The third kappa shape index (κ3) is 1.67. The normalized spacial score (nSPS) is 15.0. The second kappa shape index (κ2) is 3.14. The van der Waals surface area contributed by atoms with Gasteiger partial charge in [-0.1, -0.05) is 18.2 Å². The van der Waals surface area contributed by atoms with Crippen LogP contribution in [0.2, 0.25) is 0 Å². The Morgan fingerprint density at radius 2 is 2.00 bits per heavy atom. The molecule has 1 atom stereocenters. The molecule has 1 rings (SSSR count). The molecule has 1 aromatic rings. The summed E-state index contributed by atoms with van der Waals surface area (Å²) >= 11 is 0. The summed E-state index contributed by atoms with van der Waals surface area (Å²) < 4.78 is 13.0. The van der Waals surface area contributed by atoms with Gasteiger partial charge in [0.25, 0.3) is 0 Å². The molecule has 0 aliphatic rings. The van der Waals surface area contributed by atoms with Gasteiger partial charge in [0, 0.05) is 5.56 Å². The van der Waals surface area contributed by atoms with E-state index in [1.165, 1.54) is 18.2 Å². The lowest BCUT2D eigenvalue weighted by Crippen LogP contribution is -2.32. The Bertz CT molecular complexity index is 333. The third-order valence-electron chi connectivity index (χ3n) is 1.81. The van der Waals surface area contributed by atoms with E-state index in [4.69, 9.17) is 5.11 Å². The molecule has 1 aromatic carbocycles. The average molecular weight is 184 g/mol. The smallest absolute Gasteiger partial charge is 0.340 e. The molecular weight excluding hydrogens is 175 g/mol. The van der Waals surface area contributed by atoms with E-state index < -0.39 is 17.4 Å². The predicted molar refractivity (Wildman–Crippen MR) is 43.6 cm³/mol. The molecule has 3 nitrogen and oxygen atoms in total. The summed E-state index contributed by atoms with van der Waals surface area (Å²) in [5.41, 5.74) is -2.41. The summed E-state index contributed by atoms with van der Waals surface area (Å²) in [6.45, 7) is 1.04. The first-order valence-corrected chi connectivity index (χ1v) is 3.67. The van der Waals surface area contributed by atoms with Gasteiger partial charge in [0.1, 0.15) is 5.82 Å². The molecule has 4 heteroatoms. The zero-order valence-electron chi connectivity index (χ0n) is 6.99. The molecule has 0 saturated heterocycles. The maximum absolute atomic E-state index is 13.0. The van der Waals surface area contributed by atoms with Gasteiger partial charge < -0.3 is 10.2 Å². The zero-order valence-corrected chi connectivity index (χ0v) is 6.99. The van der Waals surface area contributed by atoms with Crippen LogP contribution in [0.5, 0.6) is 0 Å². The van der Waals surface area contributed by atoms with Crippen molar-refractivity contribution in [2.45, 2.75) is 12.5 Å². The van der Waals surface area contributed by atoms with E-state index in [1.54, 1.807) is 0 Å². The van der Waals surface area contributed by atoms with Gasteiger partial charge in [-0.25, -0.2) is 9.18 Å². The van der Waals surface area contributed by atoms with Crippen LogP contribution in [0.15, 0.2) is 24.3 Å². The fourth-order valence-corrected chi connectivity index (χ4v) is 0.971. The molecule has 2 N–H and O–H groups in total. The molecule has 0 fully saturated rings. The lowest BCUT2D eigenvalue weighted by molar-refractivity contribution is -0.157. The van der Waals surface area contributed by atoms with E-state index in [0.717, 1.165) is 13.0 Å². The Kier molecular flexibility index (Phi) is 2.34. The van der Waals surface area contributed by atoms with E-state index in [9.17, 15) is 14.3 Å². The number of carboxylic acid groups (broad SMARTS) is 1. The van der Waals surface area contributed by atoms with Crippen LogP contribution >= 0.6 is 0 Å². The molecule has 0 aliphatic carbocycles. The van der Waals surface area contributed by atoms with Crippen molar-refractivity contribution in [1.82, 2.24) is 0 Å². The van der Waals surface area contributed by atoms with Gasteiger partial charge in [0.2, 0.25) is 0 Å². The molecule has 0 aromatic heterocycles. The van der Waals surface area contributed by atoms with Crippen molar-refractivity contribution in [3.63, 3.8) is 0 Å². The van der Waals surface area contributed by atoms with E-state index in [1.807, 2.05) is 0 Å². The Hall–Kier alpha value is -1.42. The fraction of sp³-hybridized carbons (Fsp3) is 0.222. The summed E-state index contributed by atoms with van der Waals surface area (Å²) in [5, 5.41) is 18.0. The monoisotopic (exact) mass is 184 g/mol. The van der Waals surface area contributed by atoms with Crippen molar-refractivity contribution >= 4 is 5.97 Å². The van der Waals surface area contributed by atoms with Gasteiger partial charge in [0.05, 0.1) is 0 Å². The van der Waals surface area contributed by atoms with Crippen molar-refractivity contribution in [3.05, 3.63) is 35.6 Å². The number of hydrogen-bond acceptors (Lipinski definition) is 2. The highest BCUT2D eigenvalue weighted by Crippen LogP contribution is 2.23. The van der Waals surface area contributed by atoms with Gasteiger partial charge in [-0.3, -0.25) is 0 Å². The number of carboxylic acids is 1. The topological polar surface area (TPSA) is 57.5 Å². The van der Waals surface area contributed by atoms with Gasteiger partial charge >= 0.3 is 5.97 Å². The minimum atomic E-state index is -2.18. The molecule has 13 heavy (non-hydrogen) atoms. The number of benzene rings is 1. The van der Waals surface area contributed by atoms with Crippen molar-refractivity contribution in [2.75, 3.05) is 0 Å². The predicted octanol–water partition coefficient (Wildman–Crippen LogP) is 1.12. The van der Waals surface area contributed by atoms with Crippen LogP contribution < -0.4 is 0 Å². The van der Waals surface area contributed by atoms with Crippen LogP contribution in [0.1, 0.15) is 12.5 Å². The van der Waals surface area contributed by atoms with Crippen molar-refractivity contribution < 1.29 is 19.4 Å². The van der Waals surface area contributed by atoms with Crippen molar-refractivity contribution in [1.29, 1.82) is 0 Å². The molecule has 70 valence electrons. The number of aliphatic hydroxyl groups is 1. The maximum atomic E-state index is 13.0. The molecule has 0 aliphatic heterocycles. The quantitative estimate of drug-likeness (QED) is 0.724. The molecule has 0 heterocycles. The standard InChI is InChI=1S/C9H9FO3/c1-9(13,8(11)12)6-4-2-3-5-7(6)10/h2-5,13H,1H3,(H,11,12). The van der Waals surface area contributed by atoms with Crippen LogP contribution in [-0.4, -0.2) is 16.2 Å². The lowest BCUT2D eigenvalue weighted by Gasteiger charge is -2.18. The average Bonchev–Trinajstić information content (AvgIpc) is 2.04. The number of aliphatic carboxylic acids is 1. The van der Waals surface area contributed by atoms with Crippen LogP contribution in [0.4, 0.5) is 4.39 Å². The largest absolute Gasteiger partial charge is 0.479 e. The fourth-order valence-electron chi connectivity index (χ4n) is 0.971. The molecular formula is C9H9FO3. The molecule has 0 amide bonds. The second-order valence-electron chi connectivity index (χ2n) is 2.86. The summed E-state index contributed by atoms with van der Waals surface area (Å²) in [6, 6.07) is 5.24. The molecule has 0 bridgehead atoms. The SMILES string of the molecule is CC(O)(C(=O)O)c1ccccc1F. The minimum absolute atomic E-state index is 0.234. The first kappa shape index (κ1) is 9.67. The van der Waals surface area contributed by atoms with E-state index in [-0.39, 0.29) is 5.56 Å². The van der Waals surface area contributed by atoms with Crippen LogP contribution in [-0.2, 0) is 10.4 Å². The van der Waals surface area contributed by atoms with Crippen LogP contribution in [0.3, 0.4) is 0 Å². The second-order valence-corrected chi connectivity index (χ2v) is 2.86. The van der Waals surface area contributed by atoms with Gasteiger partial charge in [0.15, 0.2) is 5.60 Å². The Balaban J connectivity index is 3.22. The highest BCUT2D eigenvalue weighted by Gasteiger charge is 2.34. The number of carbonyl (C=O) groups is 1. The van der Waals surface area contributed by atoms with E-state index >= 15 is 0 Å². The minimum Gasteiger partial charge on any atom is -0.479 e. The molecule has 0 spiro atoms. The summed E-state index contributed by atoms with van der Waals surface area (Å²) in [4.78, 5) is 10.6. The number of rotatable bonds is 2. The van der Waals surface area contributed by atoms with Crippen molar-refractivity contribution in [2.24, 2.45) is 0 Å². The molecule has 0 saturated carbocycles. The maximum Gasteiger partial charge on any atom is 0.340 e. The van der Waals surface area contributed by atoms with Crippen LogP contribution in [0.25, 0.3) is 0 Å². The van der Waals surface area contributed by atoms with E-state index in [2.05, 4.69) is 0 Å². The Morgan fingerprint density at radius 3 is 2.46 bits per heavy atom. The first-order valence-electron chi connectivity index (χ1n) is 3.67. The first-order chi connectivity index (χ1) is 5.96. The summed E-state index contributed by atoms with van der Waals surface area (Å²) in [5.74, 6) is -2.20. The van der Waals surface area contributed by atoms with Gasteiger partial charge in [-0.2, -0.15) is 0 Å². The van der Waals surface area contributed by atoms with Gasteiger partial charge in [-0.15, -0.1) is 0 Å².